The highest BCUT2D eigenvalue weighted by molar-refractivity contribution is 8.02. The predicted octanol–water partition coefficient (Wildman–Crippen LogP) is 3.35. The fourth-order valence-corrected chi connectivity index (χ4v) is 2.44. The van der Waals surface area contributed by atoms with E-state index < -0.39 is 11.6 Å². The van der Waals surface area contributed by atoms with Gasteiger partial charge in [0.1, 0.15) is 17.2 Å². The van der Waals surface area contributed by atoms with Crippen LogP contribution < -0.4 is 5.48 Å². The molecule has 92 valence electrons. The predicted molar refractivity (Wildman–Crippen MR) is 64.0 cm³/mol. The Kier molecular flexibility index (Phi) is 3.40. The van der Waals surface area contributed by atoms with E-state index in [1.54, 1.807) is 0 Å². The smallest absolute Gasteiger partial charge is 0.127 e. The van der Waals surface area contributed by atoms with Gasteiger partial charge in [0.2, 0.25) is 0 Å². The lowest BCUT2D eigenvalue weighted by atomic mass is 10.1. The third-order valence-corrected chi connectivity index (χ3v) is 3.25. The molecule has 0 atom stereocenters. The molecule has 0 saturated carbocycles. The van der Waals surface area contributed by atoms with Crippen LogP contribution in [-0.2, 0) is 10.6 Å². The number of benzene rings is 1. The number of hydrogen-bond donors (Lipinski definition) is 1. The summed E-state index contributed by atoms with van der Waals surface area (Å²) >= 11 is 1.38. The Hall–Kier alpha value is -1.07. The minimum Gasteiger partial charge on any atom is -0.265 e. The Morgan fingerprint density at radius 3 is 2.76 bits per heavy atom. The Morgan fingerprint density at radius 2 is 2.12 bits per heavy atom. The van der Waals surface area contributed by atoms with Gasteiger partial charge in [0.15, 0.2) is 0 Å². The normalized spacial score (nSPS) is 17.8. The number of hydrogen-bond acceptors (Lipinski definition) is 3. The number of nitrogens with one attached hydrogen (secondary N) is 1. The minimum atomic E-state index is -0.424. The van der Waals surface area contributed by atoms with Crippen molar-refractivity contribution in [1.82, 2.24) is 5.48 Å². The fourth-order valence-electron chi connectivity index (χ4n) is 1.44. The zero-order chi connectivity index (χ0) is 12.5. The summed E-state index contributed by atoms with van der Waals surface area (Å²) in [6.45, 7) is 3.83. The van der Waals surface area contributed by atoms with E-state index in [4.69, 9.17) is 4.84 Å². The SMILES string of the molecule is CC1(C)C=C(SCc2cc(F)ccc2F)NO1. The van der Waals surface area contributed by atoms with Crippen molar-refractivity contribution in [2.45, 2.75) is 25.2 Å². The van der Waals surface area contributed by atoms with Gasteiger partial charge in [-0.3, -0.25) is 10.3 Å². The zero-order valence-corrected chi connectivity index (χ0v) is 10.4. The van der Waals surface area contributed by atoms with Gasteiger partial charge in [-0.25, -0.2) is 8.78 Å². The summed E-state index contributed by atoms with van der Waals surface area (Å²) in [7, 11) is 0. The lowest BCUT2D eigenvalue weighted by Gasteiger charge is -2.11. The first kappa shape index (κ1) is 12.4. The number of rotatable bonds is 3. The van der Waals surface area contributed by atoms with Crippen molar-refractivity contribution in [3.63, 3.8) is 0 Å². The molecule has 1 aromatic carbocycles. The molecule has 1 heterocycles. The largest absolute Gasteiger partial charge is 0.265 e. The van der Waals surface area contributed by atoms with Crippen LogP contribution in [-0.4, -0.2) is 5.60 Å². The molecule has 5 heteroatoms. The van der Waals surface area contributed by atoms with E-state index in [9.17, 15) is 8.78 Å². The Morgan fingerprint density at radius 1 is 1.35 bits per heavy atom. The van der Waals surface area contributed by atoms with Crippen LogP contribution in [0, 0.1) is 11.6 Å². The standard InChI is InChI=1S/C12H13F2NOS/c1-12(2)6-11(15-16-12)17-7-8-5-9(13)3-4-10(8)14/h3-6,15H,7H2,1-2H3. The summed E-state index contributed by atoms with van der Waals surface area (Å²) in [5.41, 5.74) is 2.75. The van der Waals surface area contributed by atoms with Gasteiger partial charge in [-0.2, -0.15) is 0 Å². The van der Waals surface area contributed by atoms with Crippen molar-refractivity contribution < 1.29 is 13.6 Å². The van der Waals surface area contributed by atoms with Crippen molar-refractivity contribution in [1.29, 1.82) is 0 Å². The van der Waals surface area contributed by atoms with Crippen LogP contribution in [0.5, 0.6) is 0 Å². The second-order valence-corrected chi connectivity index (χ2v) is 5.36. The molecule has 0 radical (unpaired) electrons. The summed E-state index contributed by atoms with van der Waals surface area (Å²) in [6.07, 6.45) is 1.91. The number of thioether (sulfide) groups is 1. The zero-order valence-electron chi connectivity index (χ0n) is 9.59. The molecule has 0 fully saturated rings. The summed E-state index contributed by atoms with van der Waals surface area (Å²) in [6, 6.07) is 3.47. The van der Waals surface area contributed by atoms with Crippen LogP contribution in [0.2, 0.25) is 0 Å². The van der Waals surface area contributed by atoms with Crippen LogP contribution in [0.15, 0.2) is 29.3 Å². The molecule has 0 amide bonds. The number of hydroxylamine groups is 1. The minimum absolute atomic E-state index is 0.349. The van der Waals surface area contributed by atoms with Gasteiger partial charge >= 0.3 is 0 Å². The first-order chi connectivity index (χ1) is 7.96. The Balaban J connectivity index is 2.01. The summed E-state index contributed by atoms with van der Waals surface area (Å²) in [5.74, 6) is -0.452. The topological polar surface area (TPSA) is 21.3 Å². The highest BCUT2D eigenvalue weighted by atomic mass is 32.2. The molecule has 1 aromatic rings. The molecule has 0 spiro atoms. The molecule has 2 rings (SSSR count). The number of halogens is 2. The molecule has 0 bridgehead atoms. The van der Waals surface area contributed by atoms with Gasteiger partial charge in [0, 0.05) is 11.3 Å². The van der Waals surface area contributed by atoms with Gasteiger partial charge in [0.05, 0.1) is 5.03 Å². The molecule has 0 unspecified atom stereocenters. The summed E-state index contributed by atoms with van der Waals surface area (Å²) < 4.78 is 26.3. The Labute approximate surface area is 103 Å². The van der Waals surface area contributed by atoms with Crippen molar-refractivity contribution in [3.8, 4) is 0 Å². The third-order valence-electron chi connectivity index (χ3n) is 2.28. The van der Waals surface area contributed by atoms with Crippen LogP contribution in [0.4, 0.5) is 8.78 Å². The Bertz CT molecular complexity index is 460. The van der Waals surface area contributed by atoms with Gasteiger partial charge in [0.25, 0.3) is 0 Å². The van der Waals surface area contributed by atoms with E-state index in [1.165, 1.54) is 17.8 Å². The van der Waals surface area contributed by atoms with E-state index >= 15 is 0 Å². The van der Waals surface area contributed by atoms with Gasteiger partial charge in [-0.15, -0.1) is 11.8 Å². The molecular formula is C12H13F2NOS. The molecule has 0 aromatic heterocycles. The van der Waals surface area contributed by atoms with Crippen LogP contribution in [0.1, 0.15) is 19.4 Å². The van der Waals surface area contributed by atoms with Crippen LogP contribution >= 0.6 is 11.8 Å². The van der Waals surface area contributed by atoms with E-state index in [0.717, 1.165) is 17.2 Å². The van der Waals surface area contributed by atoms with E-state index in [1.807, 2.05) is 19.9 Å². The maximum atomic E-state index is 13.3. The van der Waals surface area contributed by atoms with E-state index in [0.29, 0.717) is 11.3 Å². The second kappa shape index (κ2) is 4.66. The summed E-state index contributed by atoms with van der Waals surface area (Å²) in [4.78, 5) is 5.26. The molecule has 2 nitrogen and oxygen atoms in total. The first-order valence-corrected chi connectivity index (χ1v) is 6.18. The van der Waals surface area contributed by atoms with Crippen molar-refractivity contribution in [2.75, 3.05) is 0 Å². The van der Waals surface area contributed by atoms with Gasteiger partial charge in [-0.05, 0) is 38.1 Å². The lowest BCUT2D eigenvalue weighted by Crippen LogP contribution is -2.20. The molecular weight excluding hydrogens is 244 g/mol. The average molecular weight is 257 g/mol. The van der Waals surface area contributed by atoms with Crippen LogP contribution in [0.25, 0.3) is 0 Å². The molecule has 17 heavy (non-hydrogen) atoms. The molecule has 1 N–H and O–H groups in total. The third kappa shape index (κ3) is 3.20. The molecule has 1 aliphatic heterocycles. The first-order valence-electron chi connectivity index (χ1n) is 5.20. The highest BCUT2D eigenvalue weighted by Gasteiger charge is 2.24. The highest BCUT2D eigenvalue weighted by Crippen LogP contribution is 2.28. The molecule has 1 aliphatic rings. The maximum absolute atomic E-state index is 13.3. The van der Waals surface area contributed by atoms with Gasteiger partial charge in [-0.1, -0.05) is 0 Å². The van der Waals surface area contributed by atoms with E-state index in [2.05, 4.69) is 5.48 Å². The fraction of sp³-hybridized carbons (Fsp3) is 0.333. The van der Waals surface area contributed by atoms with E-state index in [-0.39, 0.29) is 5.60 Å². The summed E-state index contributed by atoms with van der Waals surface area (Å²) in [5, 5.41) is 0.818. The van der Waals surface area contributed by atoms with Crippen molar-refractivity contribution in [2.24, 2.45) is 0 Å². The second-order valence-electron chi connectivity index (χ2n) is 4.34. The van der Waals surface area contributed by atoms with Crippen molar-refractivity contribution >= 4 is 11.8 Å². The van der Waals surface area contributed by atoms with Crippen LogP contribution in [0.3, 0.4) is 0 Å². The molecule has 0 aliphatic carbocycles. The average Bonchev–Trinajstić information content (AvgIpc) is 2.60. The quantitative estimate of drug-likeness (QED) is 0.897. The monoisotopic (exact) mass is 257 g/mol. The maximum Gasteiger partial charge on any atom is 0.127 e. The lowest BCUT2D eigenvalue weighted by molar-refractivity contribution is -0.0126. The van der Waals surface area contributed by atoms with Crippen molar-refractivity contribution in [3.05, 3.63) is 46.5 Å². The molecule has 0 saturated heterocycles. The van der Waals surface area contributed by atoms with Gasteiger partial charge < -0.3 is 0 Å².